The monoisotopic (exact) mass is 376 g/mol. The third kappa shape index (κ3) is 4.07. The first-order valence-corrected chi connectivity index (χ1v) is 9.60. The molecule has 2 aromatic carbocycles. The van der Waals surface area contributed by atoms with Crippen LogP contribution in [0.4, 0.5) is 0 Å². The third-order valence-electron chi connectivity index (χ3n) is 5.48. The fraction of sp³-hybridized carbons (Fsp3) is 0.348. The minimum atomic E-state index is -0.00845. The van der Waals surface area contributed by atoms with E-state index in [9.17, 15) is 9.59 Å². The van der Waals surface area contributed by atoms with Crippen molar-refractivity contribution in [3.05, 3.63) is 64.2 Å². The molecule has 5 heteroatoms. The fourth-order valence-corrected chi connectivity index (χ4v) is 3.83. The number of carbonyl (C=O) groups is 2. The number of benzene rings is 2. The SMILES string of the molecule is CCc1cc(C)c(OC=O)cc1C(=O)N1CCC(c2ccc(C#N)cc2)CC1. The maximum absolute atomic E-state index is 13.1. The molecular formula is C23H24N2O3. The van der Waals surface area contributed by atoms with Gasteiger partial charge < -0.3 is 9.64 Å². The van der Waals surface area contributed by atoms with E-state index in [1.54, 1.807) is 6.07 Å². The van der Waals surface area contributed by atoms with Gasteiger partial charge in [0.15, 0.2) is 0 Å². The summed E-state index contributed by atoms with van der Waals surface area (Å²) >= 11 is 0. The van der Waals surface area contributed by atoms with Gasteiger partial charge in [0.2, 0.25) is 0 Å². The van der Waals surface area contributed by atoms with Crippen molar-refractivity contribution in [2.24, 2.45) is 0 Å². The number of hydrogen-bond donors (Lipinski definition) is 0. The number of hydrogen-bond acceptors (Lipinski definition) is 4. The lowest BCUT2D eigenvalue weighted by Crippen LogP contribution is -2.38. The second kappa shape index (κ2) is 8.71. The van der Waals surface area contributed by atoms with Crippen molar-refractivity contribution in [3.8, 4) is 11.8 Å². The molecule has 0 saturated carbocycles. The number of nitrogens with zero attached hydrogens (tertiary/aromatic N) is 2. The van der Waals surface area contributed by atoms with Crippen molar-refractivity contribution in [1.82, 2.24) is 4.90 Å². The van der Waals surface area contributed by atoms with Gasteiger partial charge in [0.1, 0.15) is 5.75 Å². The Morgan fingerprint density at radius 1 is 1.25 bits per heavy atom. The molecule has 0 radical (unpaired) electrons. The highest BCUT2D eigenvalue weighted by Crippen LogP contribution is 2.30. The molecule has 3 rings (SSSR count). The van der Waals surface area contributed by atoms with Gasteiger partial charge >= 0.3 is 0 Å². The van der Waals surface area contributed by atoms with E-state index in [0.29, 0.717) is 42.4 Å². The Hall–Kier alpha value is -3.13. The Kier molecular flexibility index (Phi) is 6.10. The molecule has 1 amide bonds. The van der Waals surface area contributed by atoms with Crippen LogP contribution in [0, 0.1) is 18.3 Å². The molecule has 0 aromatic heterocycles. The van der Waals surface area contributed by atoms with Crippen LogP contribution in [0.3, 0.4) is 0 Å². The summed E-state index contributed by atoms with van der Waals surface area (Å²) in [6, 6.07) is 13.5. The topological polar surface area (TPSA) is 70.4 Å². The summed E-state index contributed by atoms with van der Waals surface area (Å²) in [7, 11) is 0. The molecular weight excluding hydrogens is 352 g/mol. The lowest BCUT2D eigenvalue weighted by molar-refractivity contribution is -0.120. The summed E-state index contributed by atoms with van der Waals surface area (Å²) in [4.78, 5) is 25.7. The molecule has 0 bridgehead atoms. The molecule has 1 fully saturated rings. The second-order valence-corrected chi connectivity index (χ2v) is 7.14. The van der Waals surface area contributed by atoms with E-state index in [-0.39, 0.29) is 5.91 Å². The van der Waals surface area contributed by atoms with Gasteiger partial charge in [0.05, 0.1) is 11.6 Å². The number of ether oxygens (including phenoxy) is 1. The number of amides is 1. The van der Waals surface area contributed by atoms with Crippen LogP contribution in [-0.4, -0.2) is 30.4 Å². The van der Waals surface area contributed by atoms with Gasteiger partial charge in [0, 0.05) is 18.7 Å². The lowest BCUT2D eigenvalue weighted by atomic mass is 9.88. The highest BCUT2D eigenvalue weighted by atomic mass is 16.5. The van der Waals surface area contributed by atoms with E-state index >= 15 is 0 Å². The van der Waals surface area contributed by atoms with Gasteiger partial charge in [-0.1, -0.05) is 25.1 Å². The Morgan fingerprint density at radius 2 is 1.93 bits per heavy atom. The second-order valence-electron chi connectivity index (χ2n) is 7.14. The summed E-state index contributed by atoms with van der Waals surface area (Å²) in [5.41, 5.74) is 4.31. The zero-order chi connectivity index (χ0) is 20.1. The zero-order valence-electron chi connectivity index (χ0n) is 16.3. The number of aryl methyl sites for hydroxylation is 2. The largest absolute Gasteiger partial charge is 0.428 e. The molecule has 0 spiro atoms. The number of carbonyl (C=O) groups excluding carboxylic acids is 2. The van der Waals surface area contributed by atoms with Crippen LogP contribution < -0.4 is 4.74 Å². The summed E-state index contributed by atoms with van der Waals surface area (Å²) < 4.78 is 5.03. The number of nitriles is 1. The Bertz CT molecular complexity index is 905. The molecule has 1 aliphatic heterocycles. The average Bonchev–Trinajstić information content (AvgIpc) is 2.74. The van der Waals surface area contributed by atoms with Crippen LogP contribution in [0.5, 0.6) is 5.75 Å². The van der Waals surface area contributed by atoms with Crippen molar-refractivity contribution >= 4 is 12.4 Å². The standard InChI is InChI=1S/C23H24N2O3/c1-3-18-12-16(2)22(28-15-26)13-21(18)23(27)25-10-8-20(9-11-25)19-6-4-17(14-24)5-7-19/h4-7,12-13,15,20H,3,8-11H2,1-2H3. The normalized spacial score (nSPS) is 14.4. The Balaban J connectivity index is 1.73. The summed E-state index contributed by atoms with van der Waals surface area (Å²) in [5.74, 6) is 0.823. The van der Waals surface area contributed by atoms with Gasteiger partial charge in [-0.3, -0.25) is 9.59 Å². The molecule has 1 aliphatic rings. The molecule has 1 saturated heterocycles. The smallest absolute Gasteiger partial charge is 0.298 e. The van der Waals surface area contributed by atoms with Crippen LogP contribution in [0.15, 0.2) is 36.4 Å². The molecule has 5 nitrogen and oxygen atoms in total. The fourth-order valence-electron chi connectivity index (χ4n) is 3.83. The lowest BCUT2D eigenvalue weighted by Gasteiger charge is -2.33. The van der Waals surface area contributed by atoms with Gasteiger partial charge in [-0.2, -0.15) is 5.26 Å². The van der Waals surface area contributed by atoms with Crippen LogP contribution in [0.1, 0.15) is 58.3 Å². The van der Waals surface area contributed by atoms with Gasteiger partial charge in [0.25, 0.3) is 12.4 Å². The molecule has 0 unspecified atom stereocenters. The first-order chi connectivity index (χ1) is 13.6. The molecule has 0 atom stereocenters. The molecule has 0 N–H and O–H groups in total. The average molecular weight is 376 g/mol. The van der Waals surface area contributed by atoms with Crippen molar-refractivity contribution in [2.45, 2.75) is 39.0 Å². The van der Waals surface area contributed by atoms with E-state index in [0.717, 1.165) is 30.4 Å². The van der Waals surface area contributed by atoms with E-state index in [1.165, 1.54) is 5.56 Å². The maximum Gasteiger partial charge on any atom is 0.298 e. The first-order valence-electron chi connectivity index (χ1n) is 9.60. The number of piperidine rings is 1. The predicted molar refractivity (Wildman–Crippen MR) is 106 cm³/mol. The number of rotatable bonds is 5. The van der Waals surface area contributed by atoms with E-state index < -0.39 is 0 Å². The quantitative estimate of drug-likeness (QED) is 0.740. The Morgan fingerprint density at radius 3 is 2.50 bits per heavy atom. The van der Waals surface area contributed by atoms with Crippen LogP contribution in [-0.2, 0) is 11.2 Å². The predicted octanol–water partition coefficient (Wildman–Crippen LogP) is 3.98. The first kappa shape index (κ1) is 19.6. The molecule has 1 heterocycles. The van der Waals surface area contributed by atoms with Crippen molar-refractivity contribution in [2.75, 3.05) is 13.1 Å². The molecule has 28 heavy (non-hydrogen) atoms. The molecule has 144 valence electrons. The Labute approximate surface area is 165 Å². The van der Waals surface area contributed by atoms with E-state index in [4.69, 9.17) is 10.00 Å². The van der Waals surface area contributed by atoms with Gasteiger partial charge in [-0.05, 0) is 67.0 Å². The van der Waals surface area contributed by atoms with Crippen molar-refractivity contribution in [3.63, 3.8) is 0 Å². The summed E-state index contributed by atoms with van der Waals surface area (Å²) in [5, 5.41) is 8.93. The van der Waals surface area contributed by atoms with Crippen LogP contribution in [0.25, 0.3) is 0 Å². The minimum Gasteiger partial charge on any atom is -0.428 e. The minimum absolute atomic E-state index is 0.00845. The van der Waals surface area contributed by atoms with Crippen LogP contribution in [0.2, 0.25) is 0 Å². The van der Waals surface area contributed by atoms with E-state index in [1.807, 2.05) is 49.1 Å². The van der Waals surface area contributed by atoms with Crippen LogP contribution >= 0.6 is 0 Å². The highest BCUT2D eigenvalue weighted by Gasteiger charge is 2.26. The maximum atomic E-state index is 13.1. The highest BCUT2D eigenvalue weighted by molar-refractivity contribution is 5.96. The van der Waals surface area contributed by atoms with E-state index in [2.05, 4.69) is 6.07 Å². The van der Waals surface area contributed by atoms with Crippen molar-refractivity contribution in [1.29, 1.82) is 5.26 Å². The zero-order valence-corrected chi connectivity index (χ0v) is 16.3. The summed E-state index contributed by atoms with van der Waals surface area (Å²) in [6.45, 7) is 5.65. The van der Waals surface area contributed by atoms with Crippen molar-refractivity contribution < 1.29 is 14.3 Å². The molecule has 2 aromatic rings. The third-order valence-corrected chi connectivity index (χ3v) is 5.48. The van der Waals surface area contributed by atoms with Gasteiger partial charge in [-0.25, -0.2) is 0 Å². The molecule has 0 aliphatic carbocycles. The summed E-state index contributed by atoms with van der Waals surface area (Å²) in [6.07, 6.45) is 2.52. The van der Waals surface area contributed by atoms with Gasteiger partial charge in [-0.15, -0.1) is 0 Å². The number of likely N-dealkylation sites (tertiary alicyclic amines) is 1.